The van der Waals surface area contributed by atoms with Gasteiger partial charge in [-0.2, -0.15) is 0 Å². The normalized spacial score (nSPS) is 12.5. The summed E-state index contributed by atoms with van der Waals surface area (Å²) < 4.78 is 18.8. The van der Waals surface area contributed by atoms with Gasteiger partial charge in [0.25, 0.3) is 0 Å². The number of halogens is 1. The van der Waals surface area contributed by atoms with Gasteiger partial charge in [0.1, 0.15) is 11.6 Å². The summed E-state index contributed by atoms with van der Waals surface area (Å²) in [6.07, 6.45) is 0.876. The molecule has 0 heterocycles. The number of nitrogens with two attached hydrogens (primary N) is 1. The number of ether oxygens (including phenoxy) is 1. The van der Waals surface area contributed by atoms with Crippen LogP contribution in [0.4, 0.5) is 4.39 Å². The van der Waals surface area contributed by atoms with E-state index in [0.29, 0.717) is 17.9 Å². The molecule has 1 atom stereocenters. The fourth-order valence-electron chi connectivity index (χ4n) is 1.64. The summed E-state index contributed by atoms with van der Waals surface area (Å²) >= 11 is 0. The first-order valence-corrected chi connectivity index (χ1v) is 5.46. The highest BCUT2D eigenvalue weighted by Gasteiger charge is 2.15. The molecule has 0 radical (unpaired) electrons. The standard InChI is InChI=1S/C12H19FN2O/c1-9(15-8-4-7-14)12-10(13)5-3-6-11(12)16-2/h3,5-6,9,15H,4,7-8,14H2,1-2H3. The zero-order chi connectivity index (χ0) is 12.0. The van der Waals surface area contributed by atoms with Crippen LogP contribution in [-0.4, -0.2) is 20.2 Å². The van der Waals surface area contributed by atoms with E-state index in [9.17, 15) is 4.39 Å². The van der Waals surface area contributed by atoms with E-state index in [4.69, 9.17) is 10.5 Å². The van der Waals surface area contributed by atoms with Crippen LogP contribution in [0.2, 0.25) is 0 Å². The van der Waals surface area contributed by atoms with Crippen LogP contribution in [0.25, 0.3) is 0 Å². The van der Waals surface area contributed by atoms with Gasteiger partial charge in [0.15, 0.2) is 0 Å². The first kappa shape index (κ1) is 12.9. The van der Waals surface area contributed by atoms with Crippen LogP contribution in [0.15, 0.2) is 18.2 Å². The maximum Gasteiger partial charge on any atom is 0.131 e. The van der Waals surface area contributed by atoms with Gasteiger partial charge >= 0.3 is 0 Å². The number of methoxy groups -OCH3 is 1. The summed E-state index contributed by atoms with van der Waals surface area (Å²) in [7, 11) is 1.55. The second kappa shape index (κ2) is 6.45. The molecule has 0 saturated carbocycles. The molecule has 4 heteroatoms. The molecule has 0 fully saturated rings. The van der Waals surface area contributed by atoms with Crippen LogP contribution >= 0.6 is 0 Å². The van der Waals surface area contributed by atoms with E-state index in [0.717, 1.165) is 13.0 Å². The van der Waals surface area contributed by atoms with E-state index in [1.54, 1.807) is 19.2 Å². The van der Waals surface area contributed by atoms with Crippen molar-refractivity contribution in [3.05, 3.63) is 29.6 Å². The van der Waals surface area contributed by atoms with Crippen molar-refractivity contribution in [2.24, 2.45) is 5.73 Å². The molecule has 0 saturated heterocycles. The zero-order valence-electron chi connectivity index (χ0n) is 9.79. The lowest BCUT2D eigenvalue weighted by atomic mass is 10.1. The lowest BCUT2D eigenvalue weighted by Crippen LogP contribution is -2.23. The Bertz CT molecular complexity index is 331. The van der Waals surface area contributed by atoms with Crippen molar-refractivity contribution in [1.29, 1.82) is 0 Å². The summed E-state index contributed by atoms with van der Waals surface area (Å²) in [5.74, 6) is 0.333. The smallest absolute Gasteiger partial charge is 0.131 e. The molecular weight excluding hydrogens is 207 g/mol. The Labute approximate surface area is 95.8 Å². The third-order valence-electron chi connectivity index (χ3n) is 2.50. The van der Waals surface area contributed by atoms with Crippen molar-refractivity contribution in [2.75, 3.05) is 20.2 Å². The first-order chi connectivity index (χ1) is 7.70. The molecule has 0 aliphatic carbocycles. The van der Waals surface area contributed by atoms with Gasteiger partial charge in [-0.05, 0) is 38.6 Å². The monoisotopic (exact) mass is 226 g/mol. The van der Waals surface area contributed by atoms with Crippen molar-refractivity contribution in [1.82, 2.24) is 5.32 Å². The predicted octanol–water partition coefficient (Wildman–Crippen LogP) is 1.83. The van der Waals surface area contributed by atoms with Crippen LogP contribution < -0.4 is 15.8 Å². The molecule has 0 aromatic heterocycles. The molecular formula is C12H19FN2O. The fraction of sp³-hybridized carbons (Fsp3) is 0.500. The summed E-state index contributed by atoms with van der Waals surface area (Å²) in [4.78, 5) is 0. The molecule has 1 aromatic rings. The number of rotatable bonds is 6. The Morgan fingerprint density at radius 2 is 2.25 bits per heavy atom. The molecule has 1 rings (SSSR count). The van der Waals surface area contributed by atoms with Gasteiger partial charge in [-0.25, -0.2) is 4.39 Å². The van der Waals surface area contributed by atoms with Crippen LogP contribution in [0.5, 0.6) is 5.75 Å². The van der Waals surface area contributed by atoms with E-state index < -0.39 is 0 Å². The van der Waals surface area contributed by atoms with E-state index in [-0.39, 0.29) is 11.9 Å². The van der Waals surface area contributed by atoms with E-state index in [1.807, 2.05) is 6.92 Å². The molecule has 0 spiro atoms. The minimum Gasteiger partial charge on any atom is -0.496 e. The SMILES string of the molecule is COc1cccc(F)c1C(C)NCCCN. The predicted molar refractivity (Wildman–Crippen MR) is 63.0 cm³/mol. The van der Waals surface area contributed by atoms with Gasteiger partial charge < -0.3 is 15.8 Å². The van der Waals surface area contributed by atoms with Crippen LogP contribution in [0, 0.1) is 5.82 Å². The number of hydrogen-bond acceptors (Lipinski definition) is 3. The molecule has 16 heavy (non-hydrogen) atoms. The molecule has 0 amide bonds. The Morgan fingerprint density at radius 1 is 1.50 bits per heavy atom. The van der Waals surface area contributed by atoms with Crippen LogP contribution in [0.3, 0.4) is 0 Å². The Hall–Kier alpha value is -1.13. The van der Waals surface area contributed by atoms with Crippen LogP contribution in [0.1, 0.15) is 24.9 Å². The van der Waals surface area contributed by atoms with Crippen molar-refractivity contribution < 1.29 is 9.13 Å². The molecule has 0 aliphatic heterocycles. The molecule has 1 aromatic carbocycles. The van der Waals surface area contributed by atoms with Crippen molar-refractivity contribution in [3.8, 4) is 5.75 Å². The van der Waals surface area contributed by atoms with E-state index in [2.05, 4.69) is 5.32 Å². The maximum atomic E-state index is 13.7. The third-order valence-corrected chi connectivity index (χ3v) is 2.50. The number of benzene rings is 1. The summed E-state index contributed by atoms with van der Waals surface area (Å²) in [6, 6.07) is 4.77. The van der Waals surface area contributed by atoms with Crippen molar-refractivity contribution in [2.45, 2.75) is 19.4 Å². The number of nitrogens with one attached hydrogen (secondary N) is 1. The van der Waals surface area contributed by atoms with Crippen LogP contribution in [-0.2, 0) is 0 Å². The third kappa shape index (κ3) is 3.18. The van der Waals surface area contributed by atoms with Crippen molar-refractivity contribution >= 4 is 0 Å². The molecule has 3 N–H and O–H groups in total. The average Bonchev–Trinajstić information content (AvgIpc) is 2.28. The van der Waals surface area contributed by atoms with E-state index in [1.165, 1.54) is 6.07 Å². The van der Waals surface area contributed by atoms with Gasteiger partial charge in [-0.1, -0.05) is 6.07 Å². The van der Waals surface area contributed by atoms with Gasteiger partial charge in [-0.15, -0.1) is 0 Å². The lowest BCUT2D eigenvalue weighted by Gasteiger charge is -2.17. The highest BCUT2D eigenvalue weighted by Crippen LogP contribution is 2.27. The highest BCUT2D eigenvalue weighted by molar-refractivity contribution is 5.36. The molecule has 1 unspecified atom stereocenters. The summed E-state index contributed by atoms with van der Waals surface area (Å²) in [6.45, 7) is 3.32. The van der Waals surface area contributed by atoms with Gasteiger partial charge in [0.05, 0.1) is 7.11 Å². The second-order valence-electron chi connectivity index (χ2n) is 3.67. The fourth-order valence-corrected chi connectivity index (χ4v) is 1.64. The molecule has 0 bridgehead atoms. The summed E-state index contributed by atoms with van der Waals surface area (Å²) in [5, 5.41) is 3.22. The molecule has 90 valence electrons. The van der Waals surface area contributed by atoms with Gasteiger partial charge in [0, 0.05) is 11.6 Å². The van der Waals surface area contributed by atoms with E-state index >= 15 is 0 Å². The van der Waals surface area contributed by atoms with Gasteiger partial charge in [0.2, 0.25) is 0 Å². The Kier molecular flexibility index (Phi) is 5.22. The lowest BCUT2D eigenvalue weighted by molar-refractivity contribution is 0.393. The summed E-state index contributed by atoms with van der Waals surface area (Å²) in [5.41, 5.74) is 5.97. The average molecular weight is 226 g/mol. The number of hydrogen-bond donors (Lipinski definition) is 2. The second-order valence-corrected chi connectivity index (χ2v) is 3.67. The Balaban J connectivity index is 2.76. The highest BCUT2D eigenvalue weighted by atomic mass is 19.1. The zero-order valence-corrected chi connectivity index (χ0v) is 9.79. The topological polar surface area (TPSA) is 47.3 Å². The molecule has 0 aliphatic rings. The minimum absolute atomic E-state index is 0.0808. The first-order valence-electron chi connectivity index (χ1n) is 5.46. The van der Waals surface area contributed by atoms with Crippen molar-refractivity contribution in [3.63, 3.8) is 0 Å². The maximum absolute atomic E-state index is 13.7. The Morgan fingerprint density at radius 3 is 2.88 bits per heavy atom. The largest absolute Gasteiger partial charge is 0.496 e. The van der Waals surface area contributed by atoms with Gasteiger partial charge in [-0.3, -0.25) is 0 Å². The minimum atomic E-state index is -0.243. The quantitative estimate of drug-likeness (QED) is 0.727. The molecule has 3 nitrogen and oxygen atoms in total.